The molecule has 1 N–H and O–H groups in total. The van der Waals surface area contributed by atoms with E-state index in [9.17, 15) is 16.8 Å². The van der Waals surface area contributed by atoms with Gasteiger partial charge in [-0.25, -0.2) is 21.6 Å². The minimum Gasteiger partial charge on any atom is -0.212 e. The molecule has 0 radical (unpaired) electrons. The molecule has 5 nitrogen and oxygen atoms in total. The second-order valence-electron chi connectivity index (χ2n) is 6.17. The highest BCUT2D eigenvalue weighted by Gasteiger charge is 2.23. The molecule has 0 spiro atoms. The predicted octanol–water partition coefficient (Wildman–Crippen LogP) is 2.64. The van der Waals surface area contributed by atoms with Gasteiger partial charge in [0.25, 0.3) is 9.05 Å². The van der Waals surface area contributed by atoms with E-state index in [1.807, 2.05) is 20.8 Å². The Hall–Kier alpha value is -0.630. The first-order chi connectivity index (χ1) is 9.30. The number of hydrogen-bond donors (Lipinski definition) is 1. The van der Waals surface area contributed by atoms with E-state index >= 15 is 0 Å². The predicted molar refractivity (Wildman–Crippen MR) is 84.3 cm³/mol. The van der Waals surface area contributed by atoms with Gasteiger partial charge in [0.1, 0.15) is 0 Å². The average Bonchev–Trinajstić information content (AvgIpc) is 2.23. The van der Waals surface area contributed by atoms with Crippen molar-refractivity contribution in [2.75, 3.05) is 5.75 Å². The van der Waals surface area contributed by atoms with Gasteiger partial charge in [0.15, 0.2) is 0 Å². The van der Waals surface area contributed by atoms with Gasteiger partial charge in [-0.2, -0.15) is 0 Å². The van der Waals surface area contributed by atoms with E-state index in [1.165, 1.54) is 12.1 Å². The van der Waals surface area contributed by atoms with Crippen molar-refractivity contribution in [1.29, 1.82) is 0 Å². The Labute approximate surface area is 131 Å². The summed E-state index contributed by atoms with van der Waals surface area (Å²) < 4.78 is 48.9. The van der Waals surface area contributed by atoms with Crippen molar-refractivity contribution < 1.29 is 16.8 Å². The smallest absolute Gasteiger partial charge is 0.212 e. The summed E-state index contributed by atoms with van der Waals surface area (Å²) in [5.41, 5.74) is 0.318. The number of halogens is 1. The largest absolute Gasteiger partial charge is 0.261 e. The number of sulfonamides is 1. The number of benzene rings is 1. The fourth-order valence-corrected chi connectivity index (χ4v) is 4.54. The molecule has 0 bridgehead atoms. The molecule has 1 aromatic carbocycles. The Morgan fingerprint density at radius 1 is 1.10 bits per heavy atom. The van der Waals surface area contributed by atoms with Crippen LogP contribution in [0, 0.1) is 5.41 Å². The van der Waals surface area contributed by atoms with Crippen LogP contribution in [0.15, 0.2) is 29.2 Å². The summed E-state index contributed by atoms with van der Waals surface area (Å²) in [7, 11) is -1.96. The Morgan fingerprint density at radius 2 is 1.57 bits per heavy atom. The normalized spacial score (nSPS) is 14.9. The van der Waals surface area contributed by atoms with Crippen LogP contribution in [-0.4, -0.2) is 22.6 Å². The van der Waals surface area contributed by atoms with Crippen molar-refractivity contribution in [2.24, 2.45) is 5.41 Å². The molecule has 0 heterocycles. The van der Waals surface area contributed by atoms with Crippen LogP contribution < -0.4 is 4.72 Å². The van der Waals surface area contributed by atoms with Crippen LogP contribution in [-0.2, 0) is 19.1 Å². The van der Waals surface area contributed by atoms with Gasteiger partial charge >= 0.3 is 0 Å². The van der Waals surface area contributed by atoms with Gasteiger partial charge in [-0.3, -0.25) is 0 Å². The lowest BCUT2D eigenvalue weighted by Gasteiger charge is -2.21. The third-order valence-corrected chi connectivity index (χ3v) is 5.97. The molecule has 21 heavy (non-hydrogen) atoms. The van der Waals surface area contributed by atoms with Gasteiger partial charge < -0.3 is 0 Å². The average molecular weight is 354 g/mol. The van der Waals surface area contributed by atoms with Crippen LogP contribution in [0.3, 0.4) is 0 Å². The Bertz CT molecular complexity index is 689. The van der Waals surface area contributed by atoms with E-state index in [-0.39, 0.29) is 16.1 Å². The minimum absolute atomic E-state index is 0.0124. The molecule has 120 valence electrons. The van der Waals surface area contributed by atoms with Crippen molar-refractivity contribution in [2.45, 2.75) is 38.6 Å². The Morgan fingerprint density at radius 3 is 1.95 bits per heavy atom. The third-order valence-electron chi connectivity index (χ3n) is 2.64. The second kappa shape index (κ2) is 6.24. The second-order valence-corrected chi connectivity index (χ2v) is 10.5. The molecule has 1 rings (SSSR count). The van der Waals surface area contributed by atoms with E-state index in [4.69, 9.17) is 10.7 Å². The molecule has 0 aliphatic carbocycles. The molecule has 0 amide bonds. The summed E-state index contributed by atoms with van der Waals surface area (Å²) in [5.74, 6) is 0.0124. The SMILES string of the molecule is CC(NS(=O)(=O)CC(C)(C)C)c1ccc(S(=O)(=O)Cl)cc1. The topological polar surface area (TPSA) is 80.3 Å². The number of rotatable bonds is 5. The van der Waals surface area contributed by atoms with Crippen LogP contribution in [0.25, 0.3) is 0 Å². The summed E-state index contributed by atoms with van der Waals surface area (Å²) in [6.07, 6.45) is 0. The summed E-state index contributed by atoms with van der Waals surface area (Å²) in [5, 5.41) is 0. The van der Waals surface area contributed by atoms with Crippen LogP contribution in [0.4, 0.5) is 0 Å². The zero-order chi connectivity index (χ0) is 16.5. The quantitative estimate of drug-likeness (QED) is 0.825. The van der Waals surface area contributed by atoms with Crippen LogP contribution in [0.1, 0.15) is 39.3 Å². The molecule has 0 aromatic heterocycles. The molecule has 0 fully saturated rings. The molecule has 1 unspecified atom stereocenters. The molecular formula is C13H20ClNO4S2. The maximum absolute atomic E-state index is 12.0. The fourth-order valence-electron chi connectivity index (χ4n) is 1.87. The molecule has 8 heteroatoms. The first-order valence-corrected chi connectivity index (χ1v) is 10.3. The van der Waals surface area contributed by atoms with E-state index < -0.39 is 25.1 Å². The van der Waals surface area contributed by atoms with Crippen molar-refractivity contribution in [3.8, 4) is 0 Å². The van der Waals surface area contributed by atoms with Gasteiger partial charge in [-0.1, -0.05) is 32.9 Å². The highest BCUT2D eigenvalue weighted by molar-refractivity contribution is 8.13. The summed E-state index contributed by atoms with van der Waals surface area (Å²) in [6, 6.07) is 5.33. The first kappa shape index (κ1) is 18.4. The van der Waals surface area contributed by atoms with Crippen LogP contribution in [0.2, 0.25) is 0 Å². The maximum Gasteiger partial charge on any atom is 0.261 e. The van der Waals surface area contributed by atoms with E-state index in [0.717, 1.165) is 0 Å². The highest BCUT2D eigenvalue weighted by atomic mass is 35.7. The van der Waals surface area contributed by atoms with Gasteiger partial charge in [0.2, 0.25) is 10.0 Å². The van der Waals surface area contributed by atoms with Gasteiger partial charge in [0.05, 0.1) is 10.6 Å². The number of hydrogen-bond acceptors (Lipinski definition) is 4. The van der Waals surface area contributed by atoms with Crippen molar-refractivity contribution >= 4 is 29.8 Å². The zero-order valence-corrected chi connectivity index (χ0v) is 14.8. The molecule has 0 aliphatic rings. The lowest BCUT2D eigenvalue weighted by Crippen LogP contribution is -2.34. The van der Waals surface area contributed by atoms with Crippen molar-refractivity contribution in [3.63, 3.8) is 0 Å². The van der Waals surface area contributed by atoms with E-state index in [0.29, 0.717) is 5.56 Å². The van der Waals surface area contributed by atoms with Crippen molar-refractivity contribution in [1.82, 2.24) is 4.72 Å². The molecule has 1 atom stereocenters. The van der Waals surface area contributed by atoms with E-state index in [2.05, 4.69) is 4.72 Å². The lowest BCUT2D eigenvalue weighted by molar-refractivity contribution is 0.455. The molecule has 0 saturated carbocycles. The molecule has 0 saturated heterocycles. The van der Waals surface area contributed by atoms with Gasteiger partial charge in [-0.15, -0.1) is 0 Å². The molecule has 0 aliphatic heterocycles. The van der Waals surface area contributed by atoms with Crippen molar-refractivity contribution in [3.05, 3.63) is 29.8 Å². The Balaban J connectivity index is 2.88. The summed E-state index contributed by atoms with van der Waals surface area (Å²) >= 11 is 0. The van der Waals surface area contributed by atoms with Gasteiger partial charge in [0, 0.05) is 16.7 Å². The molecule has 1 aromatic rings. The zero-order valence-electron chi connectivity index (χ0n) is 12.4. The van der Waals surface area contributed by atoms with Gasteiger partial charge in [-0.05, 0) is 30.0 Å². The van der Waals surface area contributed by atoms with E-state index in [1.54, 1.807) is 19.1 Å². The third kappa shape index (κ3) is 6.34. The minimum atomic E-state index is -3.77. The Kier molecular flexibility index (Phi) is 5.47. The lowest BCUT2D eigenvalue weighted by atomic mass is 10.0. The monoisotopic (exact) mass is 353 g/mol. The van der Waals surface area contributed by atoms with Crippen LogP contribution >= 0.6 is 10.7 Å². The highest BCUT2D eigenvalue weighted by Crippen LogP contribution is 2.21. The molecular weight excluding hydrogens is 334 g/mol. The summed E-state index contributed by atoms with van der Waals surface area (Å²) in [6.45, 7) is 7.23. The fraction of sp³-hybridized carbons (Fsp3) is 0.538. The summed E-state index contributed by atoms with van der Waals surface area (Å²) in [4.78, 5) is -0.0161. The standard InChI is InChI=1S/C13H20ClNO4S2/c1-10(15-20(16,17)9-13(2,3)4)11-5-7-12(8-6-11)21(14,18)19/h5-8,10,15H,9H2,1-4H3. The number of nitrogens with one attached hydrogen (secondary N) is 1. The van der Waals surface area contributed by atoms with Crippen LogP contribution in [0.5, 0.6) is 0 Å². The first-order valence-electron chi connectivity index (χ1n) is 6.35. The maximum atomic E-state index is 12.0.